The Morgan fingerprint density at radius 1 is 1.47 bits per heavy atom. The molecule has 1 aromatic heterocycles. The van der Waals surface area contributed by atoms with E-state index >= 15 is 0 Å². The average molecular weight is 256 g/mol. The van der Waals surface area contributed by atoms with Crippen LogP contribution < -0.4 is 11.3 Å². The molecule has 0 aliphatic carbocycles. The number of nitrogens with two attached hydrogens (primary N) is 1. The molecule has 0 aromatic carbocycles. The van der Waals surface area contributed by atoms with Crippen LogP contribution in [0.4, 0.5) is 0 Å². The van der Waals surface area contributed by atoms with Crippen LogP contribution in [0, 0.1) is 0 Å². The molecule has 1 amide bonds. The van der Waals surface area contributed by atoms with Crippen molar-refractivity contribution in [1.29, 1.82) is 0 Å². The molecule has 0 fully saturated rings. The van der Waals surface area contributed by atoms with E-state index in [1.807, 2.05) is 5.38 Å². The second-order valence-electron chi connectivity index (χ2n) is 3.89. The molecule has 17 heavy (non-hydrogen) atoms. The maximum atomic E-state index is 11.3. The highest BCUT2D eigenvalue weighted by Crippen LogP contribution is 2.12. The Bertz CT molecular complexity index is 347. The molecule has 0 saturated carbocycles. The number of carbonyl (C=O) groups is 1. The SMILES string of the molecule is CCCN(CCC)Cc1csc(C(=O)NN)n1. The zero-order valence-electron chi connectivity index (χ0n) is 10.4. The Morgan fingerprint density at radius 3 is 2.65 bits per heavy atom. The summed E-state index contributed by atoms with van der Waals surface area (Å²) in [7, 11) is 0. The molecule has 0 saturated heterocycles. The summed E-state index contributed by atoms with van der Waals surface area (Å²) < 4.78 is 0. The van der Waals surface area contributed by atoms with Gasteiger partial charge < -0.3 is 0 Å². The fraction of sp³-hybridized carbons (Fsp3) is 0.636. The summed E-state index contributed by atoms with van der Waals surface area (Å²) in [4.78, 5) is 17.9. The van der Waals surface area contributed by atoms with Gasteiger partial charge in [0.15, 0.2) is 5.01 Å². The summed E-state index contributed by atoms with van der Waals surface area (Å²) in [6.07, 6.45) is 2.25. The van der Waals surface area contributed by atoms with E-state index in [1.165, 1.54) is 11.3 Å². The molecule has 1 aromatic rings. The number of thiazole rings is 1. The van der Waals surface area contributed by atoms with Gasteiger partial charge in [-0.25, -0.2) is 10.8 Å². The van der Waals surface area contributed by atoms with E-state index in [9.17, 15) is 4.79 Å². The maximum Gasteiger partial charge on any atom is 0.294 e. The normalized spacial score (nSPS) is 10.8. The molecular formula is C11H20N4OS. The largest absolute Gasteiger partial charge is 0.298 e. The summed E-state index contributed by atoms with van der Waals surface area (Å²) in [5.74, 6) is 4.75. The predicted octanol–water partition coefficient (Wildman–Crippen LogP) is 1.37. The molecule has 0 aliphatic rings. The van der Waals surface area contributed by atoms with Crippen LogP contribution in [-0.4, -0.2) is 28.9 Å². The number of carbonyl (C=O) groups excluding carboxylic acids is 1. The van der Waals surface area contributed by atoms with Crippen LogP contribution in [0.1, 0.15) is 42.2 Å². The van der Waals surface area contributed by atoms with Crippen molar-refractivity contribution in [3.8, 4) is 0 Å². The highest BCUT2D eigenvalue weighted by atomic mass is 32.1. The van der Waals surface area contributed by atoms with Crippen molar-refractivity contribution in [3.63, 3.8) is 0 Å². The molecule has 1 rings (SSSR count). The van der Waals surface area contributed by atoms with E-state index in [0.717, 1.165) is 38.2 Å². The lowest BCUT2D eigenvalue weighted by Gasteiger charge is -2.19. The number of hydrogen-bond acceptors (Lipinski definition) is 5. The Balaban J connectivity index is 2.60. The Hall–Kier alpha value is -0.980. The Morgan fingerprint density at radius 2 is 2.12 bits per heavy atom. The first-order valence-corrected chi connectivity index (χ1v) is 6.76. The average Bonchev–Trinajstić information content (AvgIpc) is 2.77. The van der Waals surface area contributed by atoms with E-state index in [0.29, 0.717) is 5.01 Å². The van der Waals surface area contributed by atoms with Gasteiger partial charge in [0, 0.05) is 11.9 Å². The van der Waals surface area contributed by atoms with Gasteiger partial charge in [0.1, 0.15) is 0 Å². The zero-order valence-corrected chi connectivity index (χ0v) is 11.2. The molecule has 96 valence electrons. The lowest BCUT2D eigenvalue weighted by molar-refractivity contribution is 0.0953. The number of hydrogen-bond donors (Lipinski definition) is 2. The third-order valence-corrected chi connectivity index (χ3v) is 3.23. The van der Waals surface area contributed by atoms with Crippen LogP contribution in [0.3, 0.4) is 0 Å². The number of amides is 1. The fourth-order valence-electron chi connectivity index (χ4n) is 1.68. The molecule has 3 N–H and O–H groups in total. The summed E-state index contributed by atoms with van der Waals surface area (Å²) in [6, 6.07) is 0. The number of rotatable bonds is 7. The van der Waals surface area contributed by atoms with Crippen molar-refractivity contribution in [2.75, 3.05) is 13.1 Å². The van der Waals surface area contributed by atoms with E-state index in [-0.39, 0.29) is 5.91 Å². The first-order valence-electron chi connectivity index (χ1n) is 5.88. The number of aromatic nitrogens is 1. The van der Waals surface area contributed by atoms with Crippen molar-refractivity contribution >= 4 is 17.2 Å². The topological polar surface area (TPSA) is 71.2 Å². The smallest absolute Gasteiger partial charge is 0.294 e. The third kappa shape index (κ3) is 4.41. The quantitative estimate of drug-likeness (QED) is 0.439. The van der Waals surface area contributed by atoms with Gasteiger partial charge in [0.2, 0.25) is 0 Å². The first-order chi connectivity index (χ1) is 8.21. The van der Waals surface area contributed by atoms with Crippen LogP contribution in [0.15, 0.2) is 5.38 Å². The molecule has 0 aliphatic heterocycles. The fourth-order valence-corrected chi connectivity index (χ4v) is 2.39. The molecular weight excluding hydrogens is 236 g/mol. The summed E-state index contributed by atoms with van der Waals surface area (Å²) in [6.45, 7) is 7.25. The lowest BCUT2D eigenvalue weighted by Crippen LogP contribution is -2.30. The van der Waals surface area contributed by atoms with Gasteiger partial charge in [-0.1, -0.05) is 13.8 Å². The highest BCUT2D eigenvalue weighted by Gasteiger charge is 2.11. The monoisotopic (exact) mass is 256 g/mol. The molecule has 1 heterocycles. The maximum absolute atomic E-state index is 11.3. The summed E-state index contributed by atoms with van der Waals surface area (Å²) in [5, 5.41) is 2.35. The van der Waals surface area contributed by atoms with Crippen LogP contribution in [-0.2, 0) is 6.54 Å². The van der Waals surface area contributed by atoms with Gasteiger partial charge in [-0.2, -0.15) is 0 Å². The van der Waals surface area contributed by atoms with Gasteiger partial charge in [-0.3, -0.25) is 15.1 Å². The third-order valence-electron chi connectivity index (χ3n) is 2.34. The number of nitrogens with one attached hydrogen (secondary N) is 1. The Kier molecular flexibility index (Phi) is 6.10. The van der Waals surface area contributed by atoms with Crippen molar-refractivity contribution in [1.82, 2.24) is 15.3 Å². The summed E-state index contributed by atoms with van der Waals surface area (Å²) in [5.41, 5.74) is 3.03. The number of hydrazine groups is 1. The van der Waals surface area contributed by atoms with Crippen molar-refractivity contribution < 1.29 is 4.79 Å². The van der Waals surface area contributed by atoms with Gasteiger partial charge in [0.05, 0.1) is 5.69 Å². The minimum atomic E-state index is -0.321. The van der Waals surface area contributed by atoms with Gasteiger partial charge in [-0.05, 0) is 25.9 Å². The molecule has 0 atom stereocenters. The van der Waals surface area contributed by atoms with Crippen molar-refractivity contribution in [2.45, 2.75) is 33.2 Å². The van der Waals surface area contributed by atoms with Gasteiger partial charge >= 0.3 is 0 Å². The second-order valence-corrected chi connectivity index (χ2v) is 4.75. The van der Waals surface area contributed by atoms with Crippen LogP contribution in [0.5, 0.6) is 0 Å². The molecule has 0 unspecified atom stereocenters. The number of nitrogen functional groups attached to an aromatic ring is 1. The van der Waals surface area contributed by atoms with Crippen LogP contribution in [0.2, 0.25) is 0 Å². The summed E-state index contributed by atoms with van der Waals surface area (Å²) >= 11 is 1.33. The lowest BCUT2D eigenvalue weighted by atomic mass is 10.3. The van der Waals surface area contributed by atoms with Crippen molar-refractivity contribution in [2.24, 2.45) is 5.84 Å². The number of nitrogens with zero attached hydrogens (tertiary/aromatic N) is 2. The zero-order chi connectivity index (χ0) is 12.7. The molecule has 5 nitrogen and oxygen atoms in total. The minimum absolute atomic E-state index is 0.321. The minimum Gasteiger partial charge on any atom is -0.298 e. The van der Waals surface area contributed by atoms with E-state index in [1.54, 1.807) is 0 Å². The van der Waals surface area contributed by atoms with E-state index in [4.69, 9.17) is 5.84 Å². The molecule has 0 radical (unpaired) electrons. The van der Waals surface area contributed by atoms with Crippen molar-refractivity contribution in [3.05, 3.63) is 16.1 Å². The Labute approximate surface area is 106 Å². The van der Waals surface area contributed by atoms with Gasteiger partial charge in [-0.15, -0.1) is 11.3 Å². The highest BCUT2D eigenvalue weighted by molar-refractivity contribution is 7.11. The first kappa shape index (κ1) is 14.1. The second kappa shape index (κ2) is 7.37. The van der Waals surface area contributed by atoms with Crippen LogP contribution >= 0.6 is 11.3 Å². The molecule has 0 spiro atoms. The molecule has 6 heteroatoms. The molecule has 0 bridgehead atoms. The van der Waals surface area contributed by atoms with Gasteiger partial charge in [0.25, 0.3) is 5.91 Å². The van der Waals surface area contributed by atoms with E-state index < -0.39 is 0 Å². The van der Waals surface area contributed by atoms with Crippen LogP contribution in [0.25, 0.3) is 0 Å². The van der Waals surface area contributed by atoms with E-state index in [2.05, 4.69) is 29.2 Å². The predicted molar refractivity (Wildman–Crippen MR) is 69.6 cm³/mol. The standard InChI is InChI=1S/C11H20N4OS/c1-3-5-15(6-4-2)7-9-8-17-11(13-9)10(16)14-12/h8H,3-7,12H2,1-2H3,(H,14,16).